The molecule has 5 heteroatoms. The van der Waals surface area contributed by atoms with Gasteiger partial charge >= 0.3 is 5.97 Å². The fraction of sp³-hybridized carbons (Fsp3) is 0.333. The molecule has 0 saturated carbocycles. The zero-order chi connectivity index (χ0) is 19.3. The van der Waals surface area contributed by atoms with Crippen molar-refractivity contribution in [2.45, 2.75) is 34.3 Å². The second kappa shape index (κ2) is 8.61. The number of benzene rings is 2. The summed E-state index contributed by atoms with van der Waals surface area (Å²) in [5.74, 6) is -0.724. The number of hydrogen-bond acceptors (Lipinski definition) is 3. The van der Waals surface area contributed by atoms with E-state index in [2.05, 4.69) is 4.99 Å². The Bertz CT molecular complexity index is 831. The van der Waals surface area contributed by atoms with Crippen molar-refractivity contribution in [1.82, 2.24) is 4.90 Å². The van der Waals surface area contributed by atoms with Crippen molar-refractivity contribution in [3.05, 3.63) is 64.0 Å². The molecule has 4 nitrogen and oxygen atoms in total. The standard InChI is InChI=1S/C21H25FN2O2/c1-6-24(5)13-23-20-10-9-18(15(3)16(20)4)21(25)26-12-17-8-7-14(2)19(22)11-17/h7-11,13H,6,12H2,1-5H3. The molecule has 2 rings (SSSR count). The maximum atomic E-state index is 13.6. The second-order valence-electron chi connectivity index (χ2n) is 6.36. The molecule has 0 saturated heterocycles. The number of carbonyl (C=O) groups is 1. The Morgan fingerprint density at radius 3 is 2.58 bits per heavy atom. The molecule has 26 heavy (non-hydrogen) atoms. The lowest BCUT2D eigenvalue weighted by molar-refractivity contribution is 0.0471. The van der Waals surface area contributed by atoms with Crippen LogP contribution in [0.4, 0.5) is 10.1 Å². The fourth-order valence-corrected chi connectivity index (χ4v) is 2.36. The average molecular weight is 356 g/mol. The van der Waals surface area contributed by atoms with Gasteiger partial charge in [0.1, 0.15) is 12.4 Å². The first-order valence-electron chi connectivity index (χ1n) is 8.60. The Labute approximate surface area is 154 Å². The molecule has 2 aromatic carbocycles. The van der Waals surface area contributed by atoms with Gasteiger partial charge in [0.25, 0.3) is 0 Å². The molecule has 0 bridgehead atoms. The number of esters is 1. The number of ether oxygens (including phenoxy) is 1. The average Bonchev–Trinajstić information content (AvgIpc) is 2.63. The van der Waals surface area contributed by atoms with E-state index < -0.39 is 5.97 Å². The van der Waals surface area contributed by atoms with Crippen molar-refractivity contribution >= 4 is 18.0 Å². The van der Waals surface area contributed by atoms with Crippen LogP contribution in [0.2, 0.25) is 0 Å². The number of carbonyl (C=O) groups excluding carboxylic acids is 1. The third-order valence-corrected chi connectivity index (χ3v) is 4.48. The van der Waals surface area contributed by atoms with Crippen LogP contribution in [0.5, 0.6) is 0 Å². The molecule has 0 radical (unpaired) electrons. The molecular formula is C21H25FN2O2. The normalized spacial score (nSPS) is 11.0. The molecule has 0 aromatic heterocycles. The Balaban J connectivity index is 2.12. The molecule has 0 aliphatic carbocycles. The van der Waals surface area contributed by atoms with Crippen molar-refractivity contribution in [2.75, 3.05) is 13.6 Å². The van der Waals surface area contributed by atoms with Crippen LogP contribution in [-0.2, 0) is 11.3 Å². The number of halogens is 1. The number of nitrogens with zero attached hydrogens (tertiary/aromatic N) is 2. The molecule has 0 aliphatic rings. The largest absolute Gasteiger partial charge is 0.457 e. The van der Waals surface area contributed by atoms with Gasteiger partial charge in [0.15, 0.2) is 0 Å². The quantitative estimate of drug-likeness (QED) is 0.427. The monoisotopic (exact) mass is 356 g/mol. The van der Waals surface area contributed by atoms with Crippen LogP contribution in [0.3, 0.4) is 0 Å². The first kappa shape index (κ1) is 19.6. The van der Waals surface area contributed by atoms with Crippen molar-refractivity contribution in [3.8, 4) is 0 Å². The molecule has 0 unspecified atom stereocenters. The second-order valence-corrected chi connectivity index (χ2v) is 6.36. The highest BCUT2D eigenvalue weighted by molar-refractivity contribution is 5.92. The van der Waals surface area contributed by atoms with E-state index in [4.69, 9.17) is 4.74 Å². The van der Waals surface area contributed by atoms with Crippen molar-refractivity contribution in [2.24, 2.45) is 4.99 Å². The SMILES string of the molecule is CCN(C)C=Nc1ccc(C(=O)OCc2ccc(C)c(F)c2)c(C)c1C. The van der Waals surface area contributed by atoms with E-state index in [0.717, 1.165) is 23.4 Å². The minimum absolute atomic E-state index is 0.0374. The lowest BCUT2D eigenvalue weighted by Crippen LogP contribution is -2.14. The molecule has 0 heterocycles. The van der Waals surface area contributed by atoms with Crippen LogP contribution < -0.4 is 0 Å². The predicted octanol–water partition coefficient (Wildman–Crippen LogP) is 4.72. The van der Waals surface area contributed by atoms with Crippen molar-refractivity contribution in [3.63, 3.8) is 0 Å². The minimum Gasteiger partial charge on any atom is -0.457 e. The number of aryl methyl sites for hydroxylation is 1. The number of aliphatic imine (C=N–C) groups is 1. The summed E-state index contributed by atoms with van der Waals surface area (Å²) in [5, 5.41) is 0. The van der Waals surface area contributed by atoms with E-state index in [-0.39, 0.29) is 12.4 Å². The Morgan fingerprint density at radius 1 is 1.19 bits per heavy atom. The number of rotatable bonds is 6. The van der Waals surface area contributed by atoms with Gasteiger partial charge in [0.05, 0.1) is 17.6 Å². The maximum Gasteiger partial charge on any atom is 0.338 e. The molecule has 0 spiro atoms. The maximum absolute atomic E-state index is 13.6. The molecular weight excluding hydrogens is 331 g/mol. The smallest absolute Gasteiger partial charge is 0.338 e. The van der Waals surface area contributed by atoms with E-state index in [0.29, 0.717) is 16.7 Å². The van der Waals surface area contributed by atoms with E-state index in [1.165, 1.54) is 6.07 Å². The Hall–Kier alpha value is -2.69. The minimum atomic E-state index is -0.423. The highest BCUT2D eigenvalue weighted by Gasteiger charge is 2.14. The van der Waals surface area contributed by atoms with Crippen molar-refractivity contribution in [1.29, 1.82) is 0 Å². The van der Waals surface area contributed by atoms with Gasteiger partial charge < -0.3 is 9.64 Å². The van der Waals surface area contributed by atoms with Gasteiger partial charge in [-0.3, -0.25) is 0 Å². The van der Waals surface area contributed by atoms with Crippen LogP contribution in [0, 0.1) is 26.6 Å². The Kier molecular flexibility index (Phi) is 6.50. The molecule has 138 valence electrons. The van der Waals surface area contributed by atoms with Gasteiger partial charge in [0.2, 0.25) is 0 Å². The topological polar surface area (TPSA) is 41.9 Å². The van der Waals surface area contributed by atoms with Gasteiger partial charge in [0, 0.05) is 13.6 Å². The molecule has 0 atom stereocenters. The summed E-state index contributed by atoms with van der Waals surface area (Å²) in [6.45, 7) is 8.45. The summed E-state index contributed by atoms with van der Waals surface area (Å²) < 4.78 is 18.9. The highest BCUT2D eigenvalue weighted by Crippen LogP contribution is 2.25. The third kappa shape index (κ3) is 4.69. The van der Waals surface area contributed by atoms with E-state index in [1.807, 2.05) is 38.8 Å². The van der Waals surface area contributed by atoms with Crippen LogP contribution in [0.25, 0.3) is 0 Å². The van der Waals surface area contributed by atoms with Crippen LogP contribution in [-0.4, -0.2) is 30.8 Å². The predicted molar refractivity (Wildman–Crippen MR) is 103 cm³/mol. The summed E-state index contributed by atoms with van der Waals surface area (Å²) in [6, 6.07) is 8.35. The summed E-state index contributed by atoms with van der Waals surface area (Å²) in [5.41, 5.74) is 4.27. The summed E-state index contributed by atoms with van der Waals surface area (Å²) in [7, 11) is 1.95. The molecule has 0 fully saturated rings. The molecule has 0 N–H and O–H groups in total. The van der Waals surface area contributed by atoms with Crippen molar-refractivity contribution < 1.29 is 13.9 Å². The molecule has 2 aromatic rings. The van der Waals surface area contributed by atoms with Gasteiger partial charge in [-0.15, -0.1) is 0 Å². The van der Waals surface area contributed by atoms with Gasteiger partial charge in [-0.25, -0.2) is 14.2 Å². The third-order valence-electron chi connectivity index (χ3n) is 4.48. The highest BCUT2D eigenvalue weighted by atomic mass is 19.1. The van der Waals surface area contributed by atoms with Gasteiger partial charge in [-0.1, -0.05) is 12.1 Å². The van der Waals surface area contributed by atoms with E-state index >= 15 is 0 Å². The Morgan fingerprint density at radius 2 is 1.92 bits per heavy atom. The summed E-state index contributed by atoms with van der Waals surface area (Å²) in [6.07, 6.45) is 1.77. The van der Waals surface area contributed by atoms with Crippen LogP contribution >= 0.6 is 0 Å². The lowest BCUT2D eigenvalue weighted by Gasteiger charge is -2.12. The van der Waals surface area contributed by atoms with E-state index in [1.54, 1.807) is 31.5 Å². The number of hydrogen-bond donors (Lipinski definition) is 0. The summed E-state index contributed by atoms with van der Waals surface area (Å²) >= 11 is 0. The van der Waals surface area contributed by atoms with Crippen LogP contribution in [0.15, 0.2) is 35.3 Å². The zero-order valence-electron chi connectivity index (χ0n) is 16.0. The zero-order valence-corrected chi connectivity index (χ0v) is 16.0. The van der Waals surface area contributed by atoms with Gasteiger partial charge in [-0.05, 0) is 68.1 Å². The first-order valence-corrected chi connectivity index (χ1v) is 8.60. The lowest BCUT2D eigenvalue weighted by atomic mass is 10.0. The fourth-order valence-electron chi connectivity index (χ4n) is 2.36. The summed E-state index contributed by atoms with van der Waals surface area (Å²) in [4.78, 5) is 18.8. The first-order chi connectivity index (χ1) is 12.3. The van der Waals surface area contributed by atoms with Gasteiger partial charge in [-0.2, -0.15) is 0 Å². The molecule has 0 aliphatic heterocycles. The molecule has 0 amide bonds. The van der Waals surface area contributed by atoms with Crippen LogP contribution in [0.1, 0.15) is 39.5 Å². The van der Waals surface area contributed by atoms with E-state index in [9.17, 15) is 9.18 Å².